The fourth-order valence-electron chi connectivity index (χ4n) is 7.99. The highest BCUT2D eigenvalue weighted by atomic mass is 16.4. The summed E-state index contributed by atoms with van der Waals surface area (Å²) in [6, 6.07) is 15.2. The molecular formula is C46H71NO7. The SMILES string of the molecule is CCCCC[C@H](O)/C=C/C1=C(\C[C@H](O)CO)[C@H](NC[C@@](C)(O)Cc2ccc(O)cc2)[C@@H](CC[C@@H](CCC(=O)O)CCC(C)C)CCc2ccccc2CC1. The van der Waals surface area contributed by atoms with Crippen LogP contribution in [0, 0.1) is 17.8 Å². The highest BCUT2D eigenvalue weighted by Crippen LogP contribution is 2.35. The van der Waals surface area contributed by atoms with Crippen molar-refractivity contribution in [3.8, 4) is 5.75 Å². The predicted octanol–water partition coefficient (Wildman–Crippen LogP) is 8.07. The van der Waals surface area contributed by atoms with E-state index in [9.17, 15) is 35.4 Å². The molecule has 1 aliphatic rings. The fourth-order valence-corrected chi connectivity index (χ4v) is 7.99. The summed E-state index contributed by atoms with van der Waals surface area (Å²) in [7, 11) is 0. The van der Waals surface area contributed by atoms with Gasteiger partial charge in [0, 0.05) is 25.4 Å². The van der Waals surface area contributed by atoms with Crippen molar-refractivity contribution in [1.29, 1.82) is 0 Å². The van der Waals surface area contributed by atoms with Crippen molar-refractivity contribution in [1.82, 2.24) is 5.32 Å². The molecule has 2 aromatic rings. The molecule has 0 radical (unpaired) electrons. The average Bonchev–Trinajstić information content (AvgIpc) is 3.13. The molecule has 6 atom stereocenters. The molecule has 0 saturated carbocycles. The molecule has 0 saturated heterocycles. The number of unbranched alkanes of at least 4 members (excludes halogenated alkanes) is 2. The second-order valence-corrected chi connectivity index (χ2v) is 16.6. The van der Waals surface area contributed by atoms with Crippen molar-refractivity contribution in [2.75, 3.05) is 13.2 Å². The Bertz CT molecular complexity index is 1430. The first kappa shape index (κ1) is 45.4. The molecule has 8 nitrogen and oxygen atoms in total. The Morgan fingerprint density at radius 1 is 0.944 bits per heavy atom. The van der Waals surface area contributed by atoms with E-state index in [4.69, 9.17) is 0 Å². The first-order valence-corrected chi connectivity index (χ1v) is 20.7. The van der Waals surface area contributed by atoms with E-state index in [-0.39, 0.29) is 49.6 Å². The van der Waals surface area contributed by atoms with Crippen LogP contribution in [0.5, 0.6) is 5.75 Å². The molecule has 0 unspecified atom stereocenters. The fraction of sp³-hybridized carbons (Fsp3) is 0.630. The zero-order valence-corrected chi connectivity index (χ0v) is 33.6. The number of aliphatic carboxylic acids is 1. The lowest BCUT2D eigenvalue weighted by Gasteiger charge is -2.37. The van der Waals surface area contributed by atoms with Gasteiger partial charge in [0.05, 0.1) is 24.4 Å². The number of aliphatic hydroxyl groups excluding tert-OH is 3. The minimum absolute atomic E-state index is 0.0748. The molecule has 3 rings (SSSR count). The Morgan fingerprint density at radius 3 is 2.30 bits per heavy atom. The molecule has 54 heavy (non-hydrogen) atoms. The highest BCUT2D eigenvalue weighted by Gasteiger charge is 2.32. The standard InChI is InChI=1S/C46H71NO7/c1-5-6-7-12-40(49)27-24-38-22-20-36-10-8-9-11-37(36)21-23-39(19-15-34(14-13-33(2)3)18-28-44(52)53)45(43(38)29-42(51)31-48)47-32-46(4,54)30-35-16-25-41(50)26-17-35/h8-11,16-17,24-27,33-34,39-40,42,45,47-51,54H,5-7,12-15,18-23,28-32H2,1-4H3,(H,52,53)/b27-24+,43-38+/t34-,39-,40-,42-,45+,46-/m0/s1. The van der Waals surface area contributed by atoms with E-state index in [2.05, 4.69) is 50.4 Å². The van der Waals surface area contributed by atoms with E-state index in [1.165, 1.54) is 11.1 Å². The third-order valence-electron chi connectivity index (χ3n) is 11.2. The molecule has 2 aromatic carbocycles. The van der Waals surface area contributed by atoms with Gasteiger partial charge in [0.1, 0.15) is 5.75 Å². The lowest BCUT2D eigenvalue weighted by Crippen LogP contribution is -2.48. The number of benzene rings is 2. The van der Waals surface area contributed by atoms with Gasteiger partial charge in [-0.15, -0.1) is 0 Å². The number of fused-ring (bicyclic) bond motifs is 1. The van der Waals surface area contributed by atoms with E-state index in [1.54, 1.807) is 12.1 Å². The summed E-state index contributed by atoms with van der Waals surface area (Å²) in [5, 5.41) is 67.3. The average molecular weight is 750 g/mol. The summed E-state index contributed by atoms with van der Waals surface area (Å²) in [5.41, 5.74) is 4.37. The van der Waals surface area contributed by atoms with Gasteiger partial charge in [-0.3, -0.25) is 4.79 Å². The van der Waals surface area contributed by atoms with Gasteiger partial charge in [-0.05, 0) is 116 Å². The van der Waals surface area contributed by atoms with Crippen molar-refractivity contribution in [3.63, 3.8) is 0 Å². The van der Waals surface area contributed by atoms with Crippen LogP contribution >= 0.6 is 0 Å². The van der Waals surface area contributed by atoms with Gasteiger partial charge in [0.25, 0.3) is 0 Å². The summed E-state index contributed by atoms with van der Waals surface area (Å²) in [4.78, 5) is 11.7. The Labute approximate surface area is 325 Å². The number of hydrogen-bond donors (Lipinski definition) is 7. The van der Waals surface area contributed by atoms with E-state index in [1.807, 2.05) is 31.2 Å². The number of aryl methyl sites for hydroxylation is 2. The Hall–Kier alpha value is -3.01. The van der Waals surface area contributed by atoms with Crippen LogP contribution in [0.25, 0.3) is 0 Å². The topological polar surface area (TPSA) is 150 Å². The van der Waals surface area contributed by atoms with Crippen LogP contribution in [0.1, 0.15) is 128 Å². The molecule has 302 valence electrons. The largest absolute Gasteiger partial charge is 0.508 e. The number of rotatable bonds is 23. The van der Waals surface area contributed by atoms with E-state index < -0.39 is 23.8 Å². The van der Waals surface area contributed by atoms with Gasteiger partial charge in [-0.25, -0.2) is 0 Å². The number of hydrogen-bond acceptors (Lipinski definition) is 7. The summed E-state index contributed by atoms with van der Waals surface area (Å²) >= 11 is 0. The van der Waals surface area contributed by atoms with E-state index in [0.717, 1.165) is 80.9 Å². The minimum atomic E-state index is -1.14. The van der Waals surface area contributed by atoms with E-state index >= 15 is 0 Å². The van der Waals surface area contributed by atoms with Crippen molar-refractivity contribution in [2.24, 2.45) is 17.8 Å². The maximum Gasteiger partial charge on any atom is 0.303 e. The molecule has 0 bridgehead atoms. The van der Waals surface area contributed by atoms with E-state index in [0.29, 0.717) is 31.6 Å². The van der Waals surface area contributed by atoms with Crippen LogP contribution in [-0.2, 0) is 24.1 Å². The Balaban J connectivity index is 2.13. The number of nitrogens with one attached hydrogen (secondary N) is 1. The number of aromatic hydroxyl groups is 1. The van der Waals surface area contributed by atoms with Gasteiger partial charge in [-0.1, -0.05) is 108 Å². The second-order valence-electron chi connectivity index (χ2n) is 16.6. The van der Waals surface area contributed by atoms with Crippen LogP contribution in [0.15, 0.2) is 71.8 Å². The Kier molecular flexibility index (Phi) is 20.0. The van der Waals surface area contributed by atoms with Gasteiger partial charge >= 0.3 is 5.97 Å². The smallest absolute Gasteiger partial charge is 0.303 e. The van der Waals surface area contributed by atoms with Crippen LogP contribution < -0.4 is 5.32 Å². The molecular weight excluding hydrogens is 679 g/mol. The number of allylic oxidation sites excluding steroid dienone is 2. The van der Waals surface area contributed by atoms with Crippen molar-refractivity contribution < 1.29 is 35.4 Å². The third kappa shape index (κ3) is 16.8. The number of phenolic OH excluding ortho intramolecular Hbond substituents is 1. The maximum atomic E-state index is 11.8. The van der Waals surface area contributed by atoms with Gasteiger partial charge in [0.15, 0.2) is 0 Å². The minimum Gasteiger partial charge on any atom is -0.508 e. The normalized spacial score (nSPS) is 21.1. The summed E-state index contributed by atoms with van der Waals surface area (Å²) < 4.78 is 0. The third-order valence-corrected chi connectivity index (χ3v) is 11.2. The van der Waals surface area contributed by atoms with Crippen LogP contribution in [0.4, 0.5) is 0 Å². The van der Waals surface area contributed by atoms with Gasteiger partial charge < -0.3 is 36.0 Å². The zero-order chi connectivity index (χ0) is 39.5. The molecule has 0 fully saturated rings. The number of carbonyl (C=O) groups is 1. The molecule has 0 aromatic heterocycles. The molecule has 0 amide bonds. The molecule has 7 N–H and O–H groups in total. The quantitative estimate of drug-likeness (QED) is 0.0564. The van der Waals surface area contributed by atoms with Crippen molar-refractivity contribution in [3.05, 3.63) is 88.5 Å². The van der Waals surface area contributed by atoms with Crippen molar-refractivity contribution in [2.45, 2.75) is 154 Å². The summed E-state index contributed by atoms with van der Waals surface area (Å²) in [6.07, 6.45) is 14.4. The second kappa shape index (κ2) is 23.8. The molecule has 1 aliphatic carbocycles. The Morgan fingerprint density at radius 2 is 1.65 bits per heavy atom. The number of aliphatic hydroxyl groups is 4. The monoisotopic (exact) mass is 750 g/mol. The summed E-state index contributed by atoms with van der Waals surface area (Å²) in [5.74, 6) is 0.259. The number of carboxylic acids is 1. The molecule has 0 aliphatic heterocycles. The maximum absolute atomic E-state index is 11.8. The lowest BCUT2D eigenvalue weighted by molar-refractivity contribution is -0.137. The van der Waals surface area contributed by atoms with Gasteiger partial charge in [0.2, 0.25) is 0 Å². The lowest BCUT2D eigenvalue weighted by atomic mass is 9.76. The van der Waals surface area contributed by atoms with Crippen LogP contribution in [0.3, 0.4) is 0 Å². The van der Waals surface area contributed by atoms with Crippen LogP contribution in [-0.4, -0.2) is 73.6 Å². The van der Waals surface area contributed by atoms with Crippen LogP contribution in [0.2, 0.25) is 0 Å². The first-order valence-electron chi connectivity index (χ1n) is 20.7. The molecule has 0 spiro atoms. The highest BCUT2D eigenvalue weighted by molar-refractivity contribution is 5.66. The van der Waals surface area contributed by atoms with Crippen molar-refractivity contribution >= 4 is 5.97 Å². The first-order chi connectivity index (χ1) is 25.8. The predicted molar refractivity (Wildman–Crippen MR) is 218 cm³/mol. The number of phenols is 1. The summed E-state index contributed by atoms with van der Waals surface area (Å²) in [6.45, 7) is 8.24. The number of carboxylic acid groups (broad SMARTS) is 1. The van der Waals surface area contributed by atoms with Gasteiger partial charge in [-0.2, -0.15) is 0 Å². The zero-order valence-electron chi connectivity index (χ0n) is 33.6. The molecule has 8 heteroatoms. The molecule has 0 heterocycles.